The Balaban J connectivity index is -0.000000845. The third-order valence-corrected chi connectivity index (χ3v) is 2.53. The van der Waals surface area contributed by atoms with E-state index in [9.17, 15) is 4.79 Å². The van der Waals surface area contributed by atoms with Gasteiger partial charge in [-0.3, -0.25) is 4.79 Å². The third kappa shape index (κ3) is 19.6. The molecular formula is C12H27Cl2NO. The van der Waals surface area contributed by atoms with Crippen LogP contribution in [0.25, 0.3) is 0 Å². The van der Waals surface area contributed by atoms with Gasteiger partial charge in [-0.1, -0.05) is 58.3 Å². The van der Waals surface area contributed by atoms with Crippen molar-refractivity contribution in [2.45, 2.75) is 71.1 Å². The first-order chi connectivity index (χ1) is 6.77. The fourth-order valence-corrected chi connectivity index (χ4v) is 1.61. The summed E-state index contributed by atoms with van der Waals surface area (Å²) in [5, 5.41) is 0. The molecule has 0 aliphatic carbocycles. The van der Waals surface area contributed by atoms with Crippen LogP contribution in [-0.2, 0) is 4.79 Å². The number of hydrogen-bond donors (Lipinski definition) is 1. The average molecular weight is 272 g/mol. The van der Waals surface area contributed by atoms with Crippen molar-refractivity contribution in [2.24, 2.45) is 5.73 Å². The van der Waals surface area contributed by atoms with E-state index in [1.807, 2.05) is 0 Å². The molecule has 0 atom stereocenters. The molecule has 16 heavy (non-hydrogen) atoms. The summed E-state index contributed by atoms with van der Waals surface area (Å²) >= 11 is 0. The van der Waals surface area contributed by atoms with E-state index in [2.05, 4.69) is 6.92 Å². The number of halogens is 2. The van der Waals surface area contributed by atoms with Gasteiger partial charge >= 0.3 is 0 Å². The Kier molecular flexibility index (Phi) is 23.3. The number of rotatable bonds is 10. The summed E-state index contributed by atoms with van der Waals surface area (Å²) in [6.07, 6.45) is 12.1. The predicted octanol–water partition coefficient (Wildman–Crippen LogP) is 4.24. The summed E-state index contributed by atoms with van der Waals surface area (Å²) in [5.74, 6) is -0.159. The summed E-state index contributed by atoms with van der Waals surface area (Å²) in [6, 6.07) is 0. The van der Waals surface area contributed by atoms with Gasteiger partial charge in [-0.15, -0.1) is 24.8 Å². The molecule has 0 spiro atoms. The van der Waals surface area contributed by atoms with E-state index in [0.717, 1.165) is 12.8 Å². The smallest absolute Gasteiger partial charge is 0.217 e. The lowest BCUT2D eigenvalue weighted by atomic mass is 10.1. The van der Waals surface area contributed by atoms with Gasteiger partial charge in [-0.05, 0) is 6.42 Å². The molecule has 100 valence electrons. The SMILES string of the molecule is CCCCCCCCCCCC(N)=O.Cl.Cl. The second-order valence-corrected chi connectivity index (χ2v) is 4.04. The van der Waals surface area contributed by atoms with Crippen molar-refractivity contribution in [1.82, 2.24) is 0 Å². The number of hydrogen-bond acceptors (Lipinski definition) is 1. The van der Waals surface area contributed by atoms with Gasteiger partial charge in [0.2, 0.25) is 5.91 Å². The molecule has 0 aromatic rings. The fourth-order valence-electron chi connectivity index (χ4n) is 1.61. The Hall–Kier alpha value is 0.0500. The average Bonchev–Trinajstić information content (AvgIpc) is 2.15. The second kappa shape index (κ2) is 17.4. The van der Waals surface area contributed by atoms with Crippen LogP contribution in [0.2, 0.25) is 0 Å². The van der Waals surface area contributed by atoms with E-state index in [-0.39, 0.29) is 30.7 Å². The van der Waals surface area contributed by atoms with Crippen LogP contribution in [0.3, 0.4) is 0 Å². The lowest BCUT2D eigenvalue weighted by Crippen LogP contribution is -2.09. The molecular weight excluding hydrogens is 245 g/mol. The van der Waals surface area contributed by atoms with Gasteiger partial charge in [-0.25, -0.2) is 0 Å². The Morgan fingerprint density at radius 2 is 1.19 bits per heavy atom. The van der Waals surface area contributed by atoms with Crippen LogP contribution < -0.4 is 5.73 Å². The summed E-state index contributed by atoms with van der Waals surface area (Å²) in [7, 11) is 0. The van der Waals surface area contributed by atoms with Gasteiger partial charge in [-0.2, -0.15) is 0 Å². The van der Waals surface area contributed by atoms with Gasteiger partial charge in [0.25, 0.3) is 0 Å². The van der Waals surface area contributed by atoms with Crippen LogP contribution in [0.15, 0.2) is 0 Å². The Morgan fingerprint density at radius 1 is 0.812 bits per heavy atom. The fraction of sp³-hybridized carbons (Fsp3) is 0.917. The normalized spacial score (nSPS) is 9.06. The van der Waals surface area contributed by atoms with Crippen LogP contribution in [-0.4, -0.2) is 5.91 Å². The van der Waals surface area contributed by atoms with Crippen molar-refractivity contribution in [3.05, 3.63) is 0 Å². The highest BCUT2D eigenvalue weighted by atomic mass is 35.5. The van der Waals surface area contributed by atoms with Crippen molar-refractivity contribution in [3.8, 4) is 0 Å². The number of carbonyl (C=O) groups is 1. The monoisotopic (exact) mass is 271 g/mol. The largest absolute Gasteiger partial charge is 0.370 e. The molecule has 0 heterocycles. The van der Waals surface area contributed by atoms with E-state index in [1.54, 1.807) is 0 Å². The van der Waals surface area contributed by atoms with Crippen molar-refractivity contribution in [3.63, 3.8) is 0 Å². The Bertz CT molecular complexity index is 143. The van der Waals surface area contributed by atoms with Crippen molar-refractivity contribution < 1.29 is 4.79 Å². The van der Waals surface area contributed by atoms with Gasteiger partial charge in [0.1, 0.15) is 0 Å². The first kappa shape index (κ1) is 21.3. The van der Waals surface area contributed by atoms with Gasteiger partial charge in [0.05, 0.1) is 0 Å². The van der Waals surface area contributed by atoms with E-state index < -0.39 is 0 Å². The number of carbonyl (C=O) groups excluding carboxylic acids is 1. The molecule has 4 heteroatoms. The Labute approximate surface area is 113 Å². The minimum absolute atomic E-state index is 0. The summed E-state index contributed by atoms with van der Waals surface area (Å²) < 4.78 is 0. The van der Waals surface area contributed by atoms with Gasteiger partial charge in [0.15, 0.2) is 0 Å². The molecule has 2 N–H and O–H groups in total. The maximum Gasteiger partial charge on any atom is 0.217 e. The van der Waals surface area contributed by atoms with E-state index in [0.29, 0.717) is 6.42 Å². The highest BCUT2D eigenvalue weighted by Crippen LogP contribution is 2.10. The van der Waals surface area contributed by atoms with Crippen LogP contribution >= 0.6 is 24.8 Å². The van der Waals surface area contributed by atoms with Crippen LogP contribution in [0.1, 0.15) is 71.1 Å². The molecule has 0 aromatic carbocycles. The van der Waals surface area contributed by atoms with Crippen LogP contribution in [0.4, 0.5) is 0 Å². The second-order valence-electron chi connectivity index (χ2n) is 4.04. The molecule has 0 rings (SSSR count). The quantitative estimate of drug-likeness (QED) is 0.594. The number of amides is 1. The first-order valence-corrected chi connectivity index (χ1v) is 6.05. The van der Waals surface area contributed by atoms with Gasteiger partial charge < -0.3 is 5.73 Å². The minimum Gasteiger partial charge on any atom is -0.370 e. The number of primary amides is 1. The third-order valence-electron chi connectivity index (χ3n) is 2.53. The van der Waals surface area contributed by atoms with Crippen molar-refractivity contribution >= 4 is 30.7 Å². The molecule has 0 saturated carbocycles. The standard InChI is InChI=1S/C12H25NO.2ClH/c1-2-3-4-5-6-7-8-9-10-11-12(13)14;;/h2-11H2,1H3,(H2,13,14);2*1H. The van der Waals surface area contributed by atoms with Crippen LogP contribution in [0.5, 0.6) is 0 Å². The molecule has 0 saturated heterocycles. The highest BCUT2D eigenvalue weighted by Gasteiger charge is 1.94. The zero-order valence-corrected chi connectivity index (χ0v) is 12.0. The van der Waals surface area contributed by atoms with Crippen LogP contribution in [0, 0.1) is 0 Å². The first-order valence-electron chi connectivity index (χ1n) is 6.05. The van der Waals surface area contributed by atoms with Gasteiger partial charge in [0, 0.05) is 6.42 Å². The maximum absolute atomic E-state index is 10.4. The molecule has 0 aliphatic heterocycles. The topological polar surface area (TPSA) is 43.1 Å². The minimum atomic E-state index is -0.159. The van der Waals surface area contributed by atoms with Crippen molar-refractivity contribution in [1.29, 1.82) is 0 Å². The summed E-state index contributed by atoms with van der Waals surface area (Å²) in [6.45, 7) is 2.24. The molecule has 1 amide bonds. The lowest BCUT2D eigenvalue weighted by molar-refractivity contribution is -0.118. The number of nitrogens with two attached hydrogens (primary N) is 1. The summed E-state index contributed by atoms with van der Waals surface area (Å²) in [5.41, 5.74) is 5.05. The lowest BCUT2D eigenvalue weighted by Gasteiger charge is -2.00. The molecule has 0 aliphatic rings. The molecule has 0 aromatic heterocycles. The van der Waals surface area contributed by atoms with E-state index in [4.69, 9.17) is 5.73 Å². The molecule has 0 bridgehead atoms. The number of unbranched alkanes of at least 4 members (excludes halogenated alkanes) is 8. The highest BCUT2D eigenvalue weighted by molar-refractivity contribution is 5.85. The summed E-state index contributed by atoms with van der Waals surface area (Å²) in [4.78, 5) is 10.4. The zero-order chi connectivity index (χ0) is 10.6. The predicted molar refractivity (Wildman–Crippen MR) is 75.5 cm³/mol. The zero-order valence-electron chi connectivity index (χ0n) is 10.4. The molecule has 0 fully saturated rings. The maximum atomic E-state index is 10.4. The van der Waals surface area contributed by atoms with E-state index >= 15 is 0 Å². The Morgan fingerprint density at radius 3 is 1.56 bits per heavy atom. The molecule has 0 unspecified atom stereocenters. The molecule has 0 radical (unpaired) electrons. The molecule has 2 nitrogen and oxygen atoms in total. The van der Waals surface area contributed by atoms with Crippen molar-refractivity contribution in [2.75, 3.05) is 0 Å². The van der Waals surface area contributed by atoms with E-state index in [1.165, 1.54) is 44.9 Å².